The second-order valence-electron chi connectivity index (χ2n) is 16.4. The normalized spacial score (nSPS) is 32.3. The lowest BCUT2D eigenvalue weighted by Gasteiger charge is -2.50. The van der Waals surface area contributed by atoms with Crippen LogP contribution < -0.4 is 0 Å². The summed E-state index contributed by atoms with van der Waals surface area (Å²) in [6.45, 7) is 21.8. The molecule has 0 N–H and O–H groups in total. The first-order chi connectivity index (χ1) is 18.9. The standard InChI is InChI=1S/C35H58N2O4/c1-31(2)21-11-22-32(3,4)36(31)29(38)40-27-17-13-25(14-18-27)35(9,10)26-15-19-28(20-16-26)41-30(39)37-33(5,6)23-12-24-34(37,7)8/h11-12,21,23,25-28H,13-20,22,24H2,1-10H3. The molecular weight excluding hydrogens is 512 g/mol. The van der Waals surface area contributed by atoms with Crippen LogP contribution >= 0.6 is 0 Å². The van der Waals surface area contributed by atoms with Crippen LogP contribution in [0.4, 0.5) is 9.59 Å². The molecule has 0 spiro atoms. The minimum Gasteiger partial charge on any atom is -0.446 e. The van der Waals surface area contributed by atoms with Crippen molar-refractivity contribution >= 4 is 12.2 Å². The highest BCUT2D eigenvalue weighted by Gasteiger charge is 2.47. The van der Waals surface area contributed by atoms with Crippen molar-refractivity contribution in [3.63, 3.8) is 0 Å². The van der Waals surface area contributed by atoms with Crippen molar-refractivity contribution in [1.82, 2.24) is 9.80 Å². The minimum absolute atomic E-state index is 0.000313. The molecule has 0 aromatic carbocycles. The largest absolute Gasteiger partial charge is 0.446 e. The van der Waals surface area contributed by atoms with Crippen molar-refractivity contribution in [3.05, 3.63) is 24.3 Å². The zero-order chi connectivity index (χ0) is 30.4. The Hall–Kier alpha value is -1.98. The Morgan fingerprint density at radius 3 is 1.22 bits per heavy atom. The third kappa shape index (κ3) is 6.67. The minimum atomic E-state index is -0.345. The van der Waals surface area contributed by atoms with Gasteiger partial charge in [-0.25, -0.2) is 9.59 Å². The maximum atomic E-state index is 13.3. The van der Waals surface area contributed by atoms with E-state index < -0.39 is 0 Å². The van der Waals surface area contributed by atoms with Gasteiger partial charge in [-0.3, -0.25) is 9.80 Å². The highest BCUT2D eigenvalue weighted by atomic mass is 16.6. The Bertz CT molecular complexity index is 941. The number of carbonyl (C=O) groups is 2. The molecule has 232 valence electrons. The van der Waals surface area contributed by atoms with Crippen LogP contribution in [-0.2, 0) is 9.47 Å². The van der Waals surface area contributed by atoms with Gasteiger partial charge in [-0.2, -0.15) is 0 Å². The fourth-order valence-corrected chi connectivity index (χ4v) is 8.70. The van der Waals surface area contributed by atoms with E-state index in [2.05, 4.69) is 93.5 Å². The molecule has 4 aliphatic rings. The van der Waals surface area contributed by atoms with E-state index in [1.54, 1.807) is 0 Å². The van der Waals surface area contributed by atoms with E-state index in [4.69, 9.17) is 9.47 Å². The van der Waals surface area contributed by atoms with Gasteiger partial charge < -0.3 is 9.47 Å². The average molecular weight is 571 g/mol. The summed E-state index contributed by atoms with van der Waals surface area (Å²) < 4.78 is 12.3. The second kappa shape index (κ2) is 11.3. The predicted molar refractivity (Wildman–Crippen MR) is 166 cm³/mol. The van der Waals surface area contributed by atoms with Crippen molar-refractivity contribution < 1.29 is 19.1 Å². The molecule has 2 amide bonds. The van der Waals surface area contributed by atoms with Gasteiger partial charge in [0, 0.05) is 11.1 Å². The van der Waals surface area contributed by atoms with Crippen LogP contribution in [0.5, 0.6) is 0 Å². The highest BCUT2D eigenvalue weighted by molar-refractivity contribution is 5.71. The summed E-state index contributed by atoms with van der Waals surface area (Å²) in [5.41, 5.74) is -0.976. The summed E-state index contributed by atoms with van der Waals surface area (Å²) in [6.07, 6.45) is 18.1. The van der Waals surface area contributed by atoms with E-state index in [0.29, 0.717) is 11.8 Å². The molecule has 0 aromatic heterocycles. The molecular formula is C35H58N2O4. The molecule has 6 heteroatoms. The first kappa shape index (κ1) is 31.9. The van der Waals surface area contributed by atoms with Crippen molar-refractivity contribution in [2.45, 2.75) is 168 Å². The van der Waals surface area contributed by atoms with E-state index in [1.165, 1.54) is 0 Å². The fraction of sp³-hybridized carbons (Fsp3) is 0.829. The van der Waals surface area contributed by atoms with Crippen LogP contribution in [0.25, 0.3) is 0 Å². The summed E-state index contributed by atoms with van der Waals surface area (Å²) in [6, 6.07) is 0. The summed E-state index contributed by atoms with van der Waals surface area (Å²) in [7, 11) is 0. The molecule has 4 rings (SSSR count). The number of ether oxygens (including phenoxy) is 2. The van der Waals surface area contributed by atoms with Gasteiger partial charge in [-0.05, 0) is 137 Å². The Kier molecular flexibility index (Phi) is 8.77. The van der Waals surface area contributed by atoms with Crippen molar-refractivity contribution in [2.75, 3.05) is 0 Å². The first-order valence-electron chi connectivity index (χ1n) is 16.2. The molecule has 2 heterocycles. The first-order valence-corrected chi connectivity index (χ1v) is 16.2. The summed E-state index contributed by atoms with van der Waals surface area (Å²) in [4.78, 5) is 30.5. The van der Waals surface area contributed by atoms with E-state index in [1.807, 2.05) is 9.80 Å². The molecule has 41 heavy (non-hydrogen) atoms. The number of rotatable bonds is 4. The van der Waals surface area contributed by atoms with Gasteiger partial charge in [0.1, 0.15) is 12.2 Å². The molecule has 6 nitrogen and oxygen atoms in total. The van der Waals surface area contributed by atoms with Gasteiger partial charge in [0.2, 0.25) is 0 Å². The fourth-order valence-electron chi connectivity index (χ4n) is 8.70. The van der Waals surface area contributed by atoms with Gasteiger partial charge in [0.25, 0.3) is 0 Å². The van der Waals surface area contributed by atoms with Gasteiger partial charge in [-0.15, -0.1) is 0 Å². The van der Waals surface area contributed by atoms with E-state index in [9.17, 15) is 9.59 Å². The summed E-state index contributed by atoms with van der Waals surface area (Å²) in [5.74, 6) is 1.24. The number of amides is 2. The lowest BCUT2D eigenvalue weighted by atomic mass is 9.60. The van der Waals surface area contributed by atoms with E-state index in [-0.39, 0.29) is 52.0 Å². The SMILES string of the molecule is CC(C)(C1CCC(OC(=O)N2C(C)(C)C=CCC2(C)C)CC1)C1CCC(OC(=O)N2C(C)(C)C=CCC2(C)C)CC1. The van der Waals surface area contributed by atoms with Crippen molar-refractivity contribution in [1.29, 1.82) is 0 Å². The van der Waals surface area contributed by atoms with Crippen LogP contribution in [0.2, 0.25) is 0 Å². The Morgan fingerprint density at radius 2 is 0.927 bits per heavy atom. The van der Waals surface area contributed by atoms with Crippen molar-refractivity contribution in [2.24, 2.45) is 17.3 Å². The van der Waals surface area contributed by atoms with Crippen LogP contribution in [0.3, 0.4) is 0 Å². The number of hydrogen-bond donors (Lipinski definition) is 0. The number of nitrogens with zero attached hydrogens (tertiary/aromatic N) is 2. The maximum Gasteiger partial charge on any atom is 0.411 e. The molecule has 0 aromatic rings. The van der Waals surface area contributed by atoms with Crippen LogP contribution in [0, 0.1) is 17.3 Å². The maximum absolute atomic E-state index is 13.3. The molecule has 0 saturated heterocycles. The molecule has 2 saturated carbocycles. The average Bonchev–Trinajstić information content (AvgIpc) is 2.82. The third-order valence-electron chi connectivity index (χ3n) is 11.0. The van der Waals surface area contributed by atoms with Crippen molar-refractivity contribution in [3.8, 4) is 0 Å². The Morgan fingerprint density at radius 1 is 0.610 bits per heavy atom. The van der Waals surface area contributed by atoms with Gasteiger partial charge in [0.15, 0.2) is 0 Å². The monoisotopic (exact) mass is 570 g/mol. The molecule has 2 aliphatic carbocycles. The summed E-state index contributed by atoms with van der Waals surface area (Å²) >= 11 is 0. The smallest absolute Gasteiger partial charge is 0.411 e. The Balaban J connectivity index is 1.27. The molecule has 2 aliphatic heterocycles. The molecule has 0 radical (unpaired) electrons. The molecule has 0 bridgehead atoms. The lowest BCUT2D eigenvalue weighted by Crippen LogP contribution is -2.59. The molecule has 2 fully saturated rings. The number of carbonyl (C=O) groups excluding carboxylic acids is 2. The molecule has 0 unspecified atom stereocenters. The zero-order valence-electron chi connectivity index (χ0n) is 27.7. The molecule has 0 atom stereocenters. The van der Waals surface area contributed by atoms with Crippen LogP contribution in [-0.4, -0.2) is 56.3 Å². The summed E-state index contributed by atoms with van der Waals surface area (Å²) in [5, 5.41) is 0. The lowest BCUT2D eigenvalue weighted by molar-refractivity contribution is -0.0372. The van der Waals surface area contributed by atoms with Gasteiger partial charge >= 0.3 is 12.2 Å². The quantitative estimate of drug-likeness (QED) is 0.316. The number of hydrogen-bond acceptors (Lipinski definition) is 4. The van der Waals surface area contributed by atoms with E-state index >= 15 is 0 Å². The van der Waals surface area contributed by atoms with Gasteiger partial charge in [-0.1, -0.05) is 38.2 Å². The third-order valence-corrected chi connectivity index (χ3v) is 11.0. The van der Waals surface area contributed by atoms with Crippen LogP contribution in [0.15, 0.2) is 24.3 Å². The topological polar surface area (TPSA) is 59.1 Å². The highest BCUT2D eigenvalue weighted by Crippen LogP contribution is 2.49. The van der Waals surface area contributed by atoms with Crippen LogP contribution in [0.1, 0.15) is 133 Å². The zero-order valence-corrected chi connectivity index (χ0v) is 27.7. The van der Waals surface area contributed by atoms with Gasteiger partial charge in [0.05, 0.1) is 11.1 Å². The Labute approximate surface area is 250 Å². The second-order valence-corrected chi connectivity index (χ2v) is 16.4. The van der Waals surface area contributed by atoms with E-state index in [0.717, 1.165) is 64.2 Å². The predicted octanol–water partition coefficient (Wildman–Crippen LogP) is 9.04.